The van der Waals surface area contributed by atoms with Gasteiger partial charge in [0.15, 0.2) is 11.8 Å². The van der Waals surface area contributed by atoms with E-state index in [1.54, 1.807) is 13.0 Å². The van der Waals surface area contributed by atoms with E-state index in [0.29, 0.717) is 5.39 Å². The number of ether oxygens (including phenoxy) is 1. The predicted molar refractivity (Wildman–Crippen MR) is 101 cm³/mol. The molecule has 138 valence electrons. The number of fused-ring (bicyclic) bond motifs is 2. The van der Waals surface area contributed by atoms with Gasteiger partial charge < -0.3 is 10.1 Å². The van der Waals surface area contributed by atoms with Crippen LogP contribution in [0.4, 0.5) is 0 Å². The Bertz CT molecular complexity index is 995. The summed E-state index contributed by atoms with van der Waals surface area (Å²) in [7, 11) is 0. The Hall–Kier alpha value is -3.15. The third-order valence-corrected chi connectivity index (χ3v) is 5.00. The van der Waals surface area contributed by atoms with Gasteiger partial charge in [-0.25, -0.2) is 4.79 Å². The van der Waals surface area contributed by atoms with Crippen molar-refractivity contribution < 1.29 is 14.3 Å². The highest BCUT2D eigenvalue weighted by Gasteiger charge is 2.26. The van der Waals surface area contributed by atoms with Crippen molar-refractivity contribution in [3.63, 3.8) is 0 Å². The summed E-state index contributed by atoms with van der Waals surface area (Å²) < 4.78 is 5.36. The van der Waals surface area contributed by atoms with Gasteiger partial charge in [-0.15, -0.1) is 0 Å². The van der Waals surface area contributed by atoms with Crippen LogP contribution in [-0.2, 0) is 16.0 Å². The first kappa shape index (κ1) is 17.3. The summed E-state index contributed by atoms with van der Waals surface area (Å²) in [5, 5.41) is 10.5. The van der Waals surface area contributed by atoms with Crippen LogP contribution >= 0.6 is 0 Å². The number of hydrogen-bond acceptors (Lipinski definition) is 4. The first-order valence-corrected chi connectivity index (χ1v) is 9.16. The van der Waals surface area contributed by atoms with Crippen molar-refractivity contribution in [1.29, 1.82) is 0 Å². The normalized spacial score (nSPS) is 17.1. The number of hydrogen-bond donors (Lipinski definition) is 2. The van der Waals surface area contributed by atoms with Crippen LogP contribution in [0.15, 0.2) is 48.5 Å². The first-order valence-electron chi connectivity index (χ1n) is 9.16. The van der Waals surface area contributed by atoms with Crippen LogP contribution in [-0.4, -0.2) is 28.2 Å². The molecule has 27 heavy (non-hydrogen) atoms. The summed E-state index contributed by atoms with van der Waals surface area (Å²) in [5.41, 5.74) is 3.35. The van der Waals surface area contributed by atoms with Gasteiger partial charge >= 0.3 is 5.97 Å². The number of carbonyl (C=O) groups excluding carboxylic acids is 2. The second-order valence-electron chi connectivity index (χ2n) is 6.82. The zero-order valence-corrected chi connectivity index (χ0v) is 15.1. The molecule has 1 aromatic heterocycles. The smallest absolute Gasteiger partial charge is 0.360 e. The summed E-state index contributed by atoms with van der Waals surface area (Å²) in [4.78, 5) is 25.0. The van der Waals surface area contributed by atoms with E-state index < -0.39 is 12.1 Å². The fourth-order valence-electron chi connectivity index (χ4n) is 3.58. The molecule has 2 atom stereocenters. The Labute approximate surface area is 156 Å². The lowest BCUT2D eigenvalue weighted by molar-refractivity contribution is -0.130. The fourth-order valence-corrected chi connectivity index (χ4v) is 3.58. The van der Waals surface area contributed by atoms with E-state index in [0.717, 1.165) is 30.3 Å². The second kappa shape index (κ2) is 7.23. The summed E-state index contributed by atoms with van der Waals surface area (Å²) in [6, 6.07) is 15.4. The van der Waals surface area contributed by atoms with Crippen LogP contribution in [0.3, 0.4) is 0 Å². The van der Waals surface area contributed by atoms with Gasteiger partial charge in [0.05, 0.1) is 11.6 Å². The van der Waals surface area contributed by atoms with Gasteiger partial charge in [0, 0.05) is 5.39 Å². The number of para-hydroxylation sites is 1. The summed E-state index contributed by atoms with van der Waals surface area (Å²) in [6.07, 6.45) is 2.03. The van der Waals surface area contributed by atoms with E-state index in [1.807, 2.05) is 36.4 Å². The van der Waals surface area contributed by atoms with E-state index >= 15 is 0 Å². The molecule has 0 saturated heterocycles. The van der Waals surface area contributed by atoms with Crippen LogP contribution in [0.1, 0.15) is 47.4 Å². The van der Waals surface area contributed by atoms with Crippen molar-refractivity contribution in [2.24, 2.45) is 0 Å². The lowest BCUT2D eigenvalue weighted by atomic mass is 9.87. The molecule has 0 radical (unpaired) electrons. The molecule has 1 heterocycles. The van der Waals surface area contributed by atoms with Crippen molar-refractivity contribution in [3.05, 3.63) is 65.4 Å². The van der Waals surface area contributed by atoms with E-state index in [-0.39, 0.29) is 17.6 Å². The van der Waals surface area contributed by atoms with E-state index in [4.69, 9.17) is 4.74 Å². The lowest BCUT2D eigenvalue weighted by Crippen LogP contribution is -2.39. The number of nitrogens with one attached hydrogen (secondary N) is 2. The highest BCUT2D eigenvalue weighted by Crippen LogP contribution is 2.29. The molecule has 6 nitrogen and oxygen atoms in total. The van der Waals surface area contributed by atoms with Gasteiger partial charge in [0.2, 0.25) is 0 Å². The average molecular weight is 363 g/mol. The first-order chi connectivity index (χ1) is 13.1. The zero-order chi connectivity index (χ0) is 18.8. The van der Waals surface area contributed by atoms with E-state index in [9.17, 15) is 9.59 Å². The van der Waals surface area contributed by atoms with Crippen LogP contribution in [0.25, 0.3) is 10.9 Å². The molecule has 0 unspecified atom stereocenters. The van der Waals surface area contributed by atoms with Crippen molar-refractivity contribution in [2.45, 2.75) is 38.3 Å². The number of aromatic nitrogens is 2. The van der Waals surface area contributed by atoms with Crippen molar-refractivity contribution in [3.8, 4) is 0 Å². The topological polar surface area (TPSA) is 84.1 Å². The minimum atomic E-state index is -0.901. The van der Waals surface area contributed by atoms with Crippen molar-refractivity contribution in [1.82, 2.24) is 15.5 Å². The zero-order valence-electron chi connectivity index (χ0n) is 15.1. The summed E-state index contributed by atoms with van der Waals surface area (Å²) in [5.74, 6) is -0.913. The molecule has 0 bridgehead atoms. The number of H-pyrrole nitrogens is 1. The number of esters is 1. The van der Waals surface area contributed by atoms with Gasteiger partial charge in [-0.3, -0.25) is 9.89 Å². The lowest BCUT2D eigenvalue weighted by Gasteiger charge is -2.27. The highest BCUT2D eigenvalue weighted by molar-refractivity contribution is 6.02. The third kappa shape index (κ3) is 3.43. The maximum Gasteiger partial charge on any atom is 0.360 e. The highest BCUT2D eigenvalue weighted by atomic mass is 16.5. The number of nitrogens with zero attached hydrogens (tertiary/aromatic N) is 1. The van der Waals surface area contributed by atoms with E-state index in [1.165, 1.54) is 5.56 Å². The van der Waals surface area contributed by atoms with Crippen molar-refractivity contribution >= 4 is 22.8 Å². The Balaban J connectivity index is 1.43. The molecule has 3 aromatic rings. The molecular formula is C21H21N3O3. The number of carbonyl (C=O) groups is 2. The third-order valence-electron chi connectivity index (χ3n) is 5.00. The second-order valence-corrected chi connectivity index (χ2v) is 6.82. The Morgan fingerprint density at radius 1 is 1.19 bits per heavy atom. The van der Waals surface area contributed by atoms with Gasteiger partial charge in [0.25, 0.3) is 5.91 Å². The molecule has 6 heteroatoms. The molecule has 2 N–H and O–H groups in total. The van der Waals surface area contributed by atoms with Crippen LogP contribution in [0.5, 0.6) is 0 Å². The number of rotatable bonds is 4. The fraction of sp³-hybridized carbons (Fsp3) is 0.286. The Kier molecular flexibility index (Phi) is 4.62. The SMILES string of the molecule is C[C@@H](OC(=O)c1n[nH]c2ccccc12)C(=O)N[C@@H]1CCCc2ccccc21. The number of benzene rings is 2. The van der Waals surface area contributed by atoms with Gasteiger partial charge in [0.1, 0.15) is 0 Å². The molecule has 0 aliphatic heterocycles. The number of aromatic amines is 1. The Morgan fingerprint density at radius 2 is 1.96 bits per heavy atom. The molecule has 2 aromatic carbocycles. The largest absolute Gasteiger partial charge is 0.448 e. The minimum Gasteiger partial charge on any atom is -0.448 e. The number of aryl methyl sites for hydroxylation is 1. The molecule has 1 amide bonds. The summed E-state index contributed by atoms with van der Waals surface area (Å²) in [6.45, 7) is 1.58. The standard InChI is InChI=1S/C21H21N3O3/c1-13(27-21(26)19-16-10-4-5-11-18(16)23-24-19)20(25)22-17-12-6-8-14-7-2-3-9-15(14)17/h2-5,7,9-11,13,17H,6,8,12H2,1H3,(H,22,25)(H,23,24)/t13-,17-/m1/s1. The van der Waals surface area contributed by atoms with Crippen molar-refractivity contribution in [2.75, 3.05) is 0 Å². The van der Waals surface area contributed by atoms with Gasteiger partial charge in [-0.1, -0.05) is 42.5 Å². The number of amides is 1. The van der Waals surface area contributed by atoms with Crippen LogP contribution in [0.2, 0.25) is 0 Å². The monoisotopic (exact) mass is 363 g/mol. The van der Waals surface area contributed by atoms with Gasteiger partial charge in [-0.05, 0) is 43.4 Å². The molecule has 1 aliphatic rings. The molecule has 0 fully saturated rings. The van der Waals surface area contributed by atoms with Crippen LogP contribution in [0, 0.1) is 0 Å². The molecule has 1 aliphatic carbocycles. The quantitative estimate of drug-likeness (QED) is 0.697. The Morgan fingerprint density at radius 3 is 2.85 bits per heavy atom. The average Bonchev–Trinajstić information content (AvgIpc) is 3.12. The molecule has 0 saturated carbocycles. The van der Waals surface area contributed by atoms with Gasteiger partial charge in [-0.2, -0.15) is 5.10 Å². The maximum atomic E-state index is 12.6. The van der Waals surface area contributed by atoms with E-state index in [2.05, 4.69) is 21.6 Å². The van der Waals surface area contributed by atoms with Crippen LogP contribution < -0.4 is 5.32 Å². The minimum absolute atomic E-state index is 0.0465. The summed E-state index contributed by atoms with van der Waals surface area (Å²) >= 11 is 0. The molecular weight excluding hydrogens is 342 g/mol. The predicted octanol–water partition coefficient (Wildman–Crippen LogP) is 3.30. The molecule has 0 spiro atoms. The molecule has 4 rings (SSSR count). The maximum absolute atomic E-state index is 12.6.